The van der Waals surface area contributed by atoms with Gasteiger partial charge in [-0.15, -0.1) is 6.58 Å². The smallest absolute Gasteiger partial charge is 0.257 e. The van der Waals surface area contributed by atoms with Crippen LogP contribution in [0.3, 0.4) is 0 Å². The van der Waals surface area contributed by atoms with E-state index in [4.69, 9.17) is 0 Å². The van der Waals surface area contributed by atoms with Crippen LogP contribution in [0, 0.1) is 0 Å². The Labute approximate surface area is 148 Å². The lowest BCUT2D eigenvalue weighted by Crippen LogP contribution is -2.30. The third-order valence-electron chi connectivity index (χ3n) is 3.92. The molecule has 0 atom stereocenters. The average Bonchev–Trinajstić information content (AvgIpc) is 3.11. The van der Waals surface area contributed by atoms with Crippen LogP contribution in [-0.4, -0.2) is 27.1 Å². The highest BCUT2D eigenvalue weighted by molar-refractivity contribution is 5.93. The van der Waals surface area contributed by atoms with Gasteiger partial charge in [-0.25, -0.2) is 0 Å². The topological polar surface area (TPSA) is 38.1 Å². The molecule has 0 aliphatic heterocycles. The molecule has 0 aliphatic carbocycles. The van der Waals surface area contributed by atoms with Crippen LogP contribution >= 0.6 is 0 Å². The second-order valence-electron chi connectivity index (χ2n) is 5.87. The van der Waals surface area contributed by atoms with E-state index in [1.54, 1.807) is 28.1 Å². The van der Waals surface area contributed by atoms with Gasteiger partial charge in [0.1, 0.15) is 0 Å². The number of carbonyl (C=O) groups is 1. The number of amides is 1. The van der Waals surface area contributed by atoms with Gasteiger partial charge >= 0.3 is 0 Å². The van der Waals surface area contributed by atoms with Gasteiger partial charge in [-0.05, 0) is 11.1 Å². The Morgan fingerprint density at radius 2 is 1.68 bits per heavy atom. The van der Waals surface area contributed by atoms with Crippen LogP contribution in [-0.2, 0) is 13.1 Å². The summed E-state index contributed by atoms with van der Waals surface area (Å²) in [5.74, 6) is -0.0388. The molecule has 0 bridgehead atoms. The molecule has 1 amide bonds. The molecule has 0 radical (unpaired) electrons. The van der Waals surface area contributed by atoms with Crippen molar-refractivity contribution in [2.45, 2.75) is 13.1 Å². The average molecular weight is 331 g/mol. The second kappa shape index (κ2) is 8.11. The predicted molar refractivity (Wildman–Crippen MR) is 99.2 cm³/mol. The molecule has 2 aromatic carbocycles. The number of aromatic nitrogens is 2. The van der Waals surface area contributed by atoms with E-state index in [-0.39, 0.29) is 5.91 Å². The molecule has 4 heteroatoms. The van der Waals surface area contributed by atoms with Gasteiger partial charge in [0.25, 0.3) is 5.91 Å². The summed E-state index contributed by atoms with van der Waals surface area (Å²) in [6, 6.07) is 20.0. The van der Waals surface area contributed by atoms with E-state index in [0.717, 1.165) is 11.1 Å². The van der Waals surface area contributed by atoms with Gasteiger partial charge in [0.05, 0.1) is 18.3 Å². The summed E-state index contributed by atoms with van der Waals surface area (Å²) in [7, 11) is 0. The fourth-order valence-electron chi connectivity index (χ4n) is 2.69. The fourth-order valence-corrected chi connectivity index (χ4v) is 2.69. The molecule has 0 spiro atoms. The largest absolute Gasteiger partial charge is 0.331 e. The molecule has 0 saturated heterocycles. The first-order valence-corrected chi connectivity index (χ1v) is 8.27. The maximum atomic E-state index is 12.8. The third-order valence-corrected chi connectivity index (χ3v) is 3.92. The minimum atomic E-state index is -0.0388. The Hall–Kier alpha value is -3.14. The van der Waals surface area contributed by atoms with E-state index in [1.165, 1.54) is 0 Å². The molecule has 0 aliphatic rings. The van der Waals surface area contributed by atoms with E-state index in [1.807, 2.05) is 60.7 Å². The van der Waals surface area contributed by atoms with Crippen LogP contribution in [0.25, 0.3) is 0 Å². The highest BCUT2D eigenvalue weighted by Crippen LogP contribution is 2.11. The molecule has 4 nitrogen and oxygen atoms in total. The SMILES string of the molecule is C=CCN(Cc1ccccc1)C(=O)c1cnn(Cc2ccccc2)c1. The second-order valence-corrected chi connectivity index (χ2v) is 5.87. The molecule has 25 heavy (non-hydrogen) atoms. The van der Waals surface area contributed by atoms with Gasteiger partial charge < -0.3 is 4.90 Å². The van der Waals surface area contributed by atoms with Crippen LogP contribution in [0.15, 0.2) is 85.7 Å². The van der Waals surface area contributed by atoms with Crippen molar-refractivity contribution in [3.05, 3.63) is 102 Å². The van der Waals surface area contributed by atoms with Crippen molar-refractivity contribution in [1.29, 1.82) is 0 Å². The first kappa shape index (κ1) is 16.7. The molecule has 0 fully saturated rings. The normalized spacial score (nSPS) is 10.4. The highest BCUT2D eigenvalue weighted by atomic mass is 16.2. The lowest BCUT2D eigenvalue weighted by molar-refractivity contribution is 0.0762. The summed E-state index contributed by atoms with van der Waals surface area (Å²) in [5, 5.41) is 4.33. The number of benzene rings is 2. The number of carbonyl (C=O) groups excluding carboxylic acids is 1. The summed E-state index contributed by atoms with van der Waals surface area (Å²) < 4.78 is 1.79. The van der Waals surface area contributed by atoms with E-state index >= 15 is 0 Å². The zero-order valence-electron chi connectivity index (χ0n) is 14.1. The van der Waals surface area contributed by atoms with E-state index in [2.05, 4.69) is 11.7 Å². The lowest BCUT2D eigenvalue weighted by atomic mass is 10.2. The minimum absolute atomic E-state index is 0.0388. The van der Waals surface area contributed by atoms with Crippen LogP contribution in [0.2, 0.25) is 0 Å². The molecule has 3 aromatic rings. The van der Waals surface area contributed by atoms with Gasteiger partial charge in [0.15, 0.2) is 0 Å². The lowest BCUT2D eigenvalue weighted by Gasteiger charge is -2.20. The summed E-state index contributed by atoms with van der Waals surface area (Å²) in [4.78, 5) is 14.6. The molecule has 0 saturated carbocycles. The molecule has 0 unspecified atom stereocenters. The van der Waals surface area contributed by atoms with Crippen molar-refractivity contribution in [3.63, 3.8) is 0 Å². The van der Waals surface area contributed by atoms with E-state index in [0.29, 0.717) is 25.2 Å². The van der Waals surface area contributed by atoms with Crippen molar-refractivity contribution in [2.24, 2.45) is 0 Å². The molecule has 126 valence electrons. The van der Waals surface area contributed by atoms with Crippen molar-refractivity contribution in [3.8, 4) is 0 Å². The van der Waals surface area contributed by atoms with Crippen molar-refractivity contribution in [2.75, 3.05) is 6.54 Å². The molecular formula is C21H21N3O. The van der Waals surface area contributed by atoms with Crippen LogP contribution in [0.4, 0.5) is 0 Å². The predicted octanol–water partition coefficient (Wildman–Crippen LogP) is 3.76. The third kappa shape index (κ3) is 4.44. The van der Waals surface area contributed by atoms with E-state index < -0.39 is 0 Å². The van der Waals surface area contributed by atoms with Crippen LogP contribution in [0.1, 0.15) is 21.5 Å². The van der Waals surface area contributed by atoms with Gasteiger partial charge in [0.2, 0.25) is 0 Å². The van der Waals surface area contributed by atoms with Crippen LogP contribution in [0.5, 0.6) is 0 Å². The maximum Gasteiger partial charge on any atom is 0.257 e. The Morgan fingerprint density at radius 1 is 1.04 bits per heavy atom. The van der Waals surface area contributed by atoms with Gasteiger partial charge in [-0.3, -0.25) is 9.48 Å². The van der Waals surface area contributed by atoms with Crippen molar-refractivity contribution in [1.82, 2.24) is 14.7 Å². The van der Waals surface area contributed by atoms with E-state index in [9.17, 15) is 4.79 Å². The van der Waals surface area contributed by atoms with Crippen LogP contribution < -0.4 is 0 Å². The molecule has 1 aromatic heterocycles. The maximum absolute atomic E-state index is 12.8. The Bertz CT molecular complexity index is 825. The summed E-state index contributed by atoms with van der Waals surface area (Å²) in [5.41, 5.74) is 2.83. The van der Waals surface area contributed by atoms with Crippen molar-refractivity contribution < 1.29 is 4.79 Å². The highest BCUT2D eigenvalue weighted by Gasteiger charge is 2.17. The summed E-state index contributed by atoms with van der Waals surface area (Å²) in [6.07, 6.45) is 5.18. The monoisotopic (exact) mass is 331 g/mol. The zero-order valence-corrected chi connectivity index (χ0v) is 14.1. The van der Waals surface area contributed by atoms with Gasteiger partial charge in [-0.1, -0.05) is 66.7 Å². The Kier molecular flexibility index (Phi) is 5.42. The van der Waals surface area contributed by atoms with Gasteiger partial charge in [-0.2, -0.15) is 5.10 Å². The number of rotatable bonds is 7. The first-order valence-electron chi connectivity index (χ1n) is 8.27. The number of nitrogens with zero attached hydrogens (tertiary/aromatic N) is 3. The summed E-state index contributed by atoms with van der Waals surface area (Å²) >= 11 is 0. The Morgan fingerprint density at radius 3 is 2.32 bits per heavy atom. The molecular weight excluding hydrogens is 310 g/mol. The quantitative estimate of drug-likeness (QED) is 0.618. The molecule has 3 rings (SSSR count). The molecule has 0 N–H and O–H groups in total. The zero-order chi connectivity index (χ0) is 17.5. The first-order chi connectivity index (χ1) is 12.3. The molecule has 1 heterocycles. The standard InChI is InChI=1S/C21H21N3O/c1-2-13-23(15-18-9-5-3-6-10-18)21(25)20-14-22-24(17-20)16-19-11-7-4-8-12-19/h2-12,14,17H,1,13,15-16H2. The van der Waals surface area contributed by atoms with Crippen molar-refractivity contribution >= 4 is 5.91 Å². The Balaban J connectivity index is 1.72. The van der Waals surface area contributed by atoms with Gasteiger partial charge in [0, 0.05) is 19.3 Å². The number of hydrogen-bond donors (Lipinski definition) is 0. The fraction of sp³-hybridized carbons (Fsp3) is 0.143. The minimum Gasteiger partial charge on any atom is -0.331 e. The number of hydrogen-bond acceptors (Lipinski definition) is 2. The summed E-state index contributed by atoms with van der Waals surface area (Å²) in [6.45, 7) is 5.46.